The summed E-state index contributed by atoms with van der Waals surface area (Å²) in [5.74, 6) is 1.08. The number of aryl methyl sites for hydroxylation is 1. The summed E-state index contributed by atoms with van der Waals surface area (Å²) in [5, 5.41) is 0. The van der Waals surface area contributed by atoms with Crippen molar-refractivity contribution < 1.29 is 18.8 Å². The van der Waals surface area contributed by atoms with Gasteiger partial charge < -0.3 is 4.90 Å². The van der Waals surface area contributed by atoms with Crippen LogP contribution in [0.25, 0.3) is 11.1 Å². The largest absolute Gasteiger partial charge is 0.446 e. The van der Waals surface area contributed by atoms with Crippen molar-refractivity contribution in [3.8, 4) is 11.1 Å². The molecule has 1 saturated heterocycles. The van der Waals surface area contributed by atoms with Gasteiger partial charge in [-0.25, -0.2) is 9.36 Å². The maximum Gasteiger partial charge on any atom is 0.446 e. The predicted molar refractivity (Wildman–Crippen MR) is 131 cm³/mol. The lowest BCUT2D eigenvalue weighted by molar-refractivity contribution is -0.888. The third-order valence-corrected chi connectivity index (χ3v) is 7.48. The first-order chi connectivity index (χ1) is 16.2. The number of pyridine rings is 2. The molecule has 1 unspecified atom stereocenters. The van der Waals surface area contributed by atoms with Gasteiger partial charge in [0.1, 0.15) is 13.2 Å². The van der Waals surface area contributed by atoms with Crippen LogP contribution in [0.15, 0.2) is 49.1 Å². The number of nitrogens with one attached hydrogen (secondary N) is 1. The van der Waals surface area contributed by atoms with Crippen LogP contribution in [-0.4, -0.2) is 43.7 Å². The number of aromatic nitrogens is 2. The Morgan fingerprint density at radius 1 is 0.970 bits per heavy atom. The van der Waals surface area contributed by atoms with E-state index in [4.69, 9.17) is 0 Å². The van der Waals surface area contributed by atoms with E-state index in [2.05, 4.69) is 53.0 Å². The Kier molecular flexibility index (Phi) is 9.01. The molecule has 4 rings (SSSR count). The van der Waals surface area contributed by atoms with Crippen LogP contribution in [0.5, 0.6) is 0 Å². The monoisotopic (exact) mass is 451 g/mol. The molecule has 1 aliphatic carbocycles. The van der Waals surface area contributed by atoms with Crippen molar-refractivity contribution in [2.45, 2.75) is 71.3 Å². The van der Waals surface area contributed by atoms with Gasteiger partial charge in [-0.15, -0.1) is 4.57 Å². The summed E-state index contributed by atoms with van der Waals surface area (Å²) in [6, 6.07) is 8.49. The highest BCUT2D eigenvalue weighted by atomic mass is 16.2. The third-order valence-electron chi connectivity index (χ3n) is 7.48. The predicted octanol–water partition coefficient (Wildman–Crippen LogP) is 2.89. The minimum atomic E-state index is 0.188. The summed E-state index contributed by atoms with van der Waals surface area (Å²) < 4.78 is 4.03. The molecule has 1 N–H and O–H groups in total. The van der Waals surface area contributed by atoms with E-state index in [0.717, 1.165) is 37.8 Å². The Morgan fingerprint density at radius 2 is 1.64 bits per heavy atom. The van der Waals surface area contributed by atoms with Gasteiger partial charge in [0.2, 0.25) is 6.54 Å². The molecular formula is C28H43N4O+3. The molecule has 1 aliphatic heterocycles. The molecule has 1 atom stereocenters. The molecule has 2 fully saturated rings. The van der Waals surface area contributed by atoms with E-state index < -0.39 is 0 Å². The molecule has 2 aromatic heterocycles. The number of nitrogens with zero attached hydrogens (tertiary/aromatic N) is 3. The van der Waals surface area contributed by atoms with Crippen LogP contribution in [0.2, 0.25) is 0 Å². The quantitative estimate of drug-likeness (QED) is 0.421. The number of carbonyl (C=O) groups is 1. The Bertz CT molecular complexity index is 858. The molecule has 0 radical (unpaired) electrons. The maximum absolute atomic E-state index is 12.8. The number of unbranched alkanes of at least 4 members (excludes halogenated alkanes) is 4. The van der Waals surface area contributed by atoms with Crippen LogP contribution < -0.4 is 14.0 Å². The zero-order valence-electron chi connectivity index (χ0n) is 20.6. The normalized spacial score (nSPS) is 19.4. The van der Waals surface area contributed by atoms with Crippen LogP contribution in [-0.2, 0) is 6.54 Å². The van der Waals surface area contributed by atoms with Crippen molar-refractivity contribution in [1.82, 2.24) is 4.90 Å². The number of quaternary nitrogens is 1. The van der Waals surface area contributed by atoms with Crippen molar-refractivity contribution in [3.05, 3.63) is 49.1 Å². The van der Waals surface area contributed by atoms with E-state index in [1.807, 2.05) is 12.4 Å². The highest BCUT2D eigenvalue weighted by Gasteiger charge is 2.30. The van der Waals surface area contributed by atoms with Gasteiger partial charge in [-0.2, -0.15) is 0 Å². The summed E-state index contributed by atoms with van der Waals surface area (Å²) in [6.45, 7) is 8.39. The SMILES string of the molecule is CCCCCCC[n+]1ccc(-c2cc[n+](C(=O)C[NH+]3CCN(CC4CCCC4)C3)cc2)cc1. The Hall–Kier alpha value is -2.11. The van der Waals surface area contributed by atoms with Crippen LogP contribution in [0.4, 0.5) is 0 Å². The van der Waals surface area contributed by atoms with Crippen molar-refractivity contribution in [1.29, 1.82) is 0 Å². The number of carbonyl (C=O) groups excluding carboxylic acids is 1. The van der Waals surface area contributed by atoms with E-state index >= 15 is 0 Å². The van der Waals surface area contributed by atoms with Crippen molar-refractivity contribution in [2.24, 2.45) is 5.92 Å². The minimum Gasteiger partial charge on any atom is -0.309 e. The molecule has 2 aliphatic rings. The third kappa shape index (κ3) is 7.18. The maximum atomic E-state index is 12.8. The second-order valence-corrected chi connectivity index (χ2v) is 10.2. The average molecular weight is 452 g/mol. The molecule has 2 aromatic rings. The zero-order chi connectivity index (χ0) is 22.9. The molecular weight excluding hydrogens is 408 g/mol. The van der Waals surface area contributed by atoms with Gasteiger partial charge in [-0.1, -0.05) is 39.0 Å². The Morgan fingerprint density at radius 3 is 2.33 bits per heavy atom. The van der Waals surface area contributed by atoms with Crippen LogP contribution in [0.3, 0.4) is 0 Å². The van der Waals surface area contributed by atoms with E-state index in [1.165, 1.54) is 74.8 Å². The van der Waals surface area contributed by atoms with E-state index in [9.17, 15) is 4.79 Å². The minimum absolute atomic E-state index is 0.188. The standard InChI is InChI=1S/C28H42N4O/c1-2-3-4-5-8-15-29-16-11-26(12-17-29)27-13-18-32(19-14-27)28(33)23-31-21-20-30(24-31)22-25-9-6-7-10-25/h11-14,16-19,25H,2-10,15,20-24H2,1H3/q+2/p+1. The number of hydrogen-bond acceptors (Lipinski definition) is 2. The summed E-state index contributed by atoms with van der Waals surface area (Å²) in [5.41, 5.74) is 2.36. The molecule has 3 heterocycles. The molecule has 1 saturated carbocycles. The lowest BCUT2D eigenvalue weighted by Gasteiger charge is -2.17. The van der Waals surface area contributed by atoms with Crippen molar-refractivity contribution >= 4 is 5.91 Å². The van der Waals surface area contributed by atoms with Crippen LogP contribution in [0, 0.1) is 5.92 Å². The molecule has 5 heteroatoms. The lowest BCUT2D eigenvalue weighted by atomic mass is 10.1. The van der Waals surface area contributed by atoms with Crippen LogP contribution in [0.1, 0.15) is 69.5 Å². The zero-order valence-corrected chi connectivity index (χ0v) is 20.6. The molecule has 5 nitrogen and oxygen atoms in total. The van der Waals surface area contributed by atoms with E-state index in [0.29, 0.717) is 6.54 Å². The van der Waals surface area contributed by atoms with Gasteiger partial charge in [-0.3, -0.25) is 4.90 Å². The second-order valence-electron chi connectivity index (χ2n) is 10.2. The van der Waals surface area contributed by atoms with Gasteiger partial charge in [0.15, 0.2) is 24.8 Å². The highest BCUT2D eigenvalue weighted by Crippen LogP contribution is 2.25. The van der Waals surface area contributed by atoms with Crippen molar-refractivity contribution in [2.75, 3.05) is 32.8 Å². The van der Waals surface area contributed by atoms with E-state index in [-0.39, 0.29) is 5.91 Å². The fourth-order valence-corrected chi connectivity index (χ4v) is 5.44. The Labute approximate surface area is 200 Å². The van der Waals surface area contributed by atoms with Gasteiger partial charge in [0, 0.05) is 37.2 Å². The first-order valence-electron chi connectivity index (χ1n) is 13.3. The molecule has 178 valence electrons. The smallest absolute Gasteiger partial charge is 0.309 e. The van der Waals surface area contributed by atoms with E-state index in [1.54, 1.807) is 4.57 Å². The molecule has 0 amide bonds. The average Bonchev–Trinajstić information content (AvgIpc) is 3.52. The van der Waals surface area contributed by atoms with Crippen molar-refractivity contribution in [3.63, 3.8) is 0 Å². The highest BCUT2D eigenvalue weighted by molar-refractivity contribution is 5.68. The van der Waals surface area contributed by atoms with Gasteiger partial charge in [-0.05, 0) is 36.3 Å². The van der Waals surface area contributed by atoms with Gasteiger partial charge in [0.05, 0.1) is 13.1 Å². The van der Waals surface area contributed by atoms with Gasteiger partial charge in [0.25, 0.3) is 0 Å². The first-order valence-corrected chi connectivity index (χ1v) is 13.3. The Balaban J connectivity index is 1.23. The van der Waals surface area contributed by atoms with Crippen LogP contribution >= 0.6 is 0 Å². The summed E-state index contributed by atoms with van der Waals surface area (Å²) in [4.78, 5) is 16.8. The molecule has 33 heavy (non-hydrogen) atoms. The first kappa shape index (κ1) is 24.0. The number of hydrogen-bond donors (Lipinski definition) is 1. The summed E-state index contributed by atoms with van der Waals surface area (Å²) >= 11 is 0. The number of rotatable bonds is 11. The molecule has 0 spiro atoms. The second kappa shape index (κ2) is 12.4. The topological polar surface area (TPSA) is 32.5 Å². The van der Waals surface area contributed by atoms with Gasteiger partial charge >= 0.3 is 5.91 Å². The molecule has 0 bridgehead atoms. The lowest BCUT2D eigenvalue weighted by Crippen LogP contribution is -3.12. The molecule has 0 aromatic carbocycles. The summed E-state index contributed by atoms with van der Waals surface area (Å²) in [6.07, 6.45) is 20.4. The fraction of sp³-hybridized carbons (Fsp3) is 0.607. The fourth-order valence-electron chi connectivity index (χ4n) is 5.44. The summed E-state index contributed by atoms with van der Waals surface area (Å²) in [7, 11) is 0.